The molecule has 12 heteroatoms. The minimum absolute atomic E-state index is 0.194. The lowest BCUT2D eigenvalue weighted by molar-refractivity contribution is 1.11. The summed E-state index contributed by atoms with van der Waals surface area (Å²) < 4.78 is 0. The van der Waals surface area contributed by atoms with Gasteiger partial charge in [0.2, 0.25) is 0 Å². The number of nitrogen functional groups attached to an aromatic ring is 4. The molecule has 6 rings (SSSR count). The molecule has 6 aromatic rings. The molecule has 0 aliphatic heterocycles. The van der Waals surface area contributed by atoms with Crippen molar-refractivity contribution >= 4 is 56.8 Å². The van der Waals surface area contributed by atoms with Crippen LogP contribution in [0.3, 0.4) is 0 Å². The number of azo groups is 2. The standard InChI is InChI=1S/C28H24N12/c29-25-23(26(30)38-37-25)35-33-17-7-3-5-15(13-17)19-11-12-20(22-10-2-1-9-21(19)22)16-6-4-8-18(14-16)34-36-24-27(31)39-40-28(24)32/h1-14H,(H5,29,30,37,38)(H5,31,32,39,40)/b35-33+,36-34+. The molecule has 0 saturated carbocycles. The van der Waals surface area contributed by atoms with Gasteiger partial charge in [0, 0.05) is 0 Å². The van der Waals surface area contributed by atoms with Gasteiger partial charge in [-0.05, 0) is 57.3 Å². The predicted molar refractivity (Wildman–Crippen MR) is 158 cm³/mol. The largest absolute Gasteiger partial charge is 0.382 e. The highest BCUT2D eigenvalue weighted by molar-refractivity contribution is 6.05. The lowest BCUT2D eigenvalue weighted by Gasteiger charge is -2.12. The second-order valence-corrected chi connectivity index (χ2v) is 8.95. The van der Waals surface area contributed by atoms with E-state index in [4.69, 9.17) is 22.9 Å². The first-order valence-electron chi connectivity index (χ1n) is 12.2. The van der Waals surface area contributed by atoms with Gasteiger partial charge in [0.15, 0.2) is 23.0 Å². The average molecular weight is 529 g/mol. The van der Waals surface area contributed by atoms with Gasteiger partial charge in [0.25, 0.3) is 0 Å². The Morgan fingerprint density at radius 1 is 0.500 bits per heavy atom. The van der Waals surface area contributed by atoms with Gasteiger partial charge < -0.3 is 22.9 Å². The van der Waals surface area contributed by atoms with Crippen molar-refractivity contribution in [3.8, 4) is 22.3 Å². The van der Waals surface area contributed by atoms with Crippen LogP contribution in [0.4, 0.5) is 46.0 Å². The molecule has 0 bridgehead atoms. The second kappa shape index (κ2) is 10.0. The van der Waals surface area contributed by atoms with E-state index in [1.165, 1.54) is 0 Å². The number of aromatic nitrogens is 4. The maximum absolute atomic E-state index is 5.83. The van der Waals surface area contributed by atoms with Crippen LogP contribution in [0.2, 0.25) is 0 Å². The van der Waals surface area contributed by atoms with Crippen molar-refractivity contribution in [1.29, 1.82) is 0 Å². The van der Waals surface area contributed by atoms with E-state index in [0.717, 1.165) is 33.0 Å². The molecule has 40 heavy (non-hydrogen) atoms. The van der Waals surface area contributed by atoms with Gasteiger partial charge in [-0.3, -0.25) is 10.2 Å². The molecule has 4 aromatic carbocycles. The van der Waals surface area contributed by atoms with Crippen LogP contribution in [0.5, 0.6) is 0 Å². The fourth-order valence-electron chi connectivity index (χ4n) is 4.43. The van der Waals surface area contributed by atoms with Gasteiger partial charge in [-0.2, -0.15) is 20.4 Å². The molecule has 0 aliphatic rings. The van der Waals surface area contributed by atoms with Crippen LogP contribution in [0.25, 0.3) is 33.0 Å². The first kappa shape index (κ1) is 24.3. The van der Waals surface area contributed by atoms with E-state index in [1.807, 2.05) is 60.7 Å². The number of H-pyrrole nitrogens is 2. The summed E-state index contributed by atoms with van der Waals surface area (Å²) in [5.74, 6) is 0.914. The molecule has 10 N–H and O–H groups in total. The Bertz CT molecular complexity index is 1740. The number of hydrogen-bond acceptors (Lipinski definition) is 10. The third-order valence-corrected chi connectivity index (χ3v) is 6.36. The summed E-state index contributed by atoms with van der Waals surface area (Å²) in [6.07, 6.45) is 0. The quantitative estimate of drug-likeness (QED) is 0.128. The van der Waals surface area contributed by atoms with Crippen LogP contribution >= 0.6 is 0 Å². The zero-order valence-electron chi connectivity index (χ0n) is 21.1. The first-order chi connectivity index (χ1) is 19.5. The van der Waals surface area contributed by atoms with E-state index in [0.29, 0.717) is 22.7 Å². The second-order valence-electron chi connectivity index (χ2n) is 8.95. The third kappa shape index (κ3) is 4.56. The Balaban J connectivity index is 1.36. The predicted octanol–water partition coefficient (Wildman–Crippen LogP) is 6.78. The number of fused-ring (bicyclic) bond motifs is 1. The summed E-state index contributed by atoms with van der Waals surface area (Å²) in [7, 11) is 0. The summed E-state index contributed by atoms with van der Waals surface area (Å²) in [4.78, 5) is 0. The summed E-state index contributed by atoms with van der Waals surface area (Å²) in [6.45, 7) is 0. The number of rotatable bonds is 6. The molecule has 196 valence electrons. The zero-order chi connectivity index (χ0) is 27.6. The van der Waals surface area contributed by atoms with Crippen LogP contribution in [-0.4, -0.2) is 20.4 Å². The minimum atomic E-state index is 0.194. The van der Waals surface area contributed by atoms with Crippen molar-refractivity contribution in [2.24, 2.45) is 20.5 Å². The smallest absolute Gasteiger partial charge is 0.175 e. The number of nitrogens with zero attached hydrogens (tertiary/aromatic N) is 6. The van der Waals surface area contributed by atoms with Crippen molar-refractivity contribution in [2.75, 3.05) is 22.9 Å². The highest BCUT2D eigenvalue weighted by Crippen LogP contribution is 2.38. The van der Waals surface area contributed by atoms with E-state index in [9.17, 15) is 0 Å². The number of aromatic amines is 2. The number of nitrogens with one attached hydrogen (secondary N) is 2. The number of benzene rings is 4. The van der Waals surface area contributed by atoms with Crippen molar-refractivity contribution in [2.45, 2.75) is 0 Å². The molecular formula is C28H24N12. The maximum Gasteiger partial charge on any atom is 0.175 e. The Kier molecular flexibility index (Phi) is 6.09. The molecule has 0 atom stereocenters. The van der Waals surface area contributed by atoms with Crippen molar-refractivity contribution in [1.82, 2.24) is 20.4 Å². The van der Waals surface area contributed by atoms with Gasteiger partial charge >= 0.3 is 0 Å². The fourth-order valence-corrected chi connectivity index (χ4v) is 4.43. The number of anilines is 4. The average Bonchev–Trinajstić information content (AvgIpc) is 3.48. The molecule has 0 radical (unpaired) electrons. The van der Waals surface area contributed by atoms with Crippen LogP contribution in [0.15, 0.2) is 105 Å². The van der Waals surface area contributed by atoms with E-state index in [-0.39, 0.29) is 23.3 Å². The van der Waals surface area contributed by atoms with Crippen LogP contribution in [0.1, 0.15) is 0 Å². The zero-order valence-corrected chi connectivity index (χ0v) is 21.1. The summed E-state index contributed by atoms with van der Waals surface area (Å²) in [6, 6.07) is 28.0. The van der Waals surface area contributed by atoms with Crippen LogP contribution in [-0.2, 0) is 0 Å². The lowest BCUT2D eigenvalue weighted by atomic mass is 9.92. The van der Waals surface area contributed by atoms with Crippen LogP contribution in [0, 0.1) is 0 Å². The Morgan fingerprint density at radius 3 is 1.35 bits per heavy atom. The summed E-state index contributed by atoms with van der Waals surface area (Å²) in [5.41, 5.74) is 29.3. The third-order valence-electron chi connectivity index (χ3n) is 6.36. The lowest BCUT2D eigenvalue weighted by Crippen LogP contribution is -1.86. The molecule has 0 fully saturated rings. The monoisotopic (exact) mass is 528 g/mol. The SMILES string of the molecule is Nc1n[nH]c(N)c1/N=N/c1cccc(-c2ccc(-c3cccc(/N=N/c4c(N)n[nH]c4N)c3)c3ccccc23)c1. The molecule has 0 amide bonds. The van der Waals surface area contributed by atoms with E-state index < -0.39 is 0 Å². The van der Waals surface area contributed by atoms with E-state index >= 15 is 0 Å². The summed E-state index contributed by atoms with van der Waals surface area (Å²) in [5, 5.41) is 32.1. The van der Waals surface area contributed by atoms with E-state index in [1.54, 1.807) is 0 Å². The molecule has 0 unspecified atom stereocenters. The Hall–Kier alpha value is -6.04. The Morgan fingerprint density at radius 2 is 0.950 bits per heavy atom. The molecular weight excluding hydrogens is 504 g/mol. The Labute approximate surface area is 227 Å². The van der Waals surface area contributed by atoms with Crippen molar-refractivity contribution in [3.63, 3.8) is 0 Å². The normalized spacial score (nSPS) is 11.7. The van der Waals surface area contributed by atoms with Crippen LogP contribution < -0.4 is 22.9 Å². The highest BCUT2D eigenvalue weighted by atomic mass is 15.3. The van der Waals surface area contributed by atoms with Gasteiger partial charge in [-0.15, -0.1) is 10.2 Å². The number of hydrogen-bond donors (Lipinski definition) is 6. The fraction of sp³-hybridized carbons (Fsp3) is 0. The molecule has 2 aromatic heterocycles. The number of nitrogens with two attached hydrogens (primary N) is 4. The van der Waals surface area contributed by atoms with Gasteiger partial charge in [-0.1, -0.05) is 60.7 Å². The van der Waals surface area contributed by atoms with E-state index in [2.05, 4.69) is 65.1 Å². The topological polar surface area (TPSA) is 211 Å². The molecule has 0 spiro atoms. The molecule has 12 nitrogen and oxygen atoms in total. The maximum atomic E-state index is 5.83. The van der Waals surface area contributed by atoms with Gasteiger partial charge in [-0.25, -0.2) is 0 Å². The van der Waals surface area contributed by atoms with Crippen molar-refractivity contribution in [3.05, 3.63) is 84.9 Å². The summed E-state index contributed by atoms with van der Waals surface area (Å²) >= 11 is 0. The molecule has 0 aliphatic carbocycles. The van der Waals surface area contributed by atoms with Crippen molar-refractivity contribution < 1.29 is 0 Å². The molecule has 2 heterocycles. The van der Waals surface area contributed by atoms with Gasteiger partial charge in [0.05, 0.1) is 11.4 Å². The minimum Gasteiger partial charge on any atom is -0.382 e. The van der Waals surface area contributed by atoms with Gasteiger partial charge in [0.1, 0.15) is 11.6 Å². The first-order valence-corrected chi connectivity index (χ1v) is 12.2. The highest BCUT2D eigenvalue weighted by Gasteiger charge is 2.12. The molecule has 0 saturated heterocycles.